The van der Waals surface area contributed by atoms with Gasteiger partial charge in [0.2, 0.25) is 0 Å². The maximum Gasteiger partial charge on any atom is 0.424 e. The molecule has 0 aliphatic carbocycles. The number of ether oxygens (including phenoxy) is 2. The van der Waals surface area contributed by atoms with Gasteiger partial charge in [0.1, 0.15) is 11.2 Å². The molecule has 2 amide bonds. The van der Waals surface area contributed by atoms with Crippen LogP contribution in [0, 0.1) is 6.92 Å². The zero-order valence-electron chi connectivity index (χ0n) is 16.0. The van der Waals surface area contributed by atoms with Crippen LogP contribution < -0.4 is 4.90 Å². The lowest BCUT2D eigenvalue weighted by molar-refractivity contribution is 0.0430. The molecule has 1 N–H and O–H groups in total. The lowest BCUT2D eigenvalue weighted by Crippen LogP contribution is -2.44. The molecule has 1 rings (SSSR count). The Kier molecular flexibility index (Phi) is 6.31. The fourth-order valence-electron chi connectivity index (χ4n) is 1.91. The van der Waals surface area contributed by atoms with E-state index in [0.29, 0.717) is 10.5 Å². The zero-order chi connectivity index (χ0) is 20.4. The Hall–Kier alpha value is -2.28. The predicted octanol–water partition coefficient (Wildman–Crippen LogP) is 5.02. The molecule has 0 radical (unpaired) electrons. The first kappa shape index (κ1) is 21.8. The van der Waals surface area contributed by atoms with Gasteiger partial charge >= 0.3 is 18.2 Å². The number of carbonyl (C=O) groups excluding carboxylic acids is 2. The van der Waals surface area contributed by atoms with Gasteiger partial charge in [-0.3, -0.25) is 0 Å². The largest absolute Gasteiger partial charge is 0.478 e. The molecule has 1 aromatic rings. The van der Waals surface area contributed by atoms with Gasteiger partial charge in [-0.2, -0.15) is 4.90 Å². The molecule has 0 aliphatic rings. The number of hydrogen-bond acceptors (Lipinski definition) is 5. The fraction of sp³-hybridized carbons (Fsp3) is 0.500. The number of nitrogens with zero attached hydrogens (tertiary/aromatic N) is 1. The number of hydrogen-bond donors (Lipinski definition) is 1. The van der Waals surface area contributed by atoms with E-state index in [-0.39, 0.29) is 16.3 Å². The Labute approximate surface area is 157 Å². The molecule has 0 aliphatic heterocycles. The molecule has 0 spiro atoms. The number of carboxylic acid groups (broad SMARTS) is 1. The van der Waals surface area contributed by atoms with Crippen LogP contribution in [0.5, 0.6) is 0 Å². The third-order valence-electron chi connectivity index (χ3n) is 2.90. The van der Waals surface area contributed by atoms with Crippen molar-refractivity contribution >= 4 is 35.4 Å². The van der Waals surface area contributed by atoms with Crippen LogP contribution in [0.25, 0.3) is 0 Å². The second-order valence-corrected chi connectivity index (χ2v) is 8.13. The summed E-state index contributed by atoms with van der Waals surface area (Å²) in [5.74, 6) is -1.35. The van der Waals surface area contributed by atoms with E-state index in [1.54, 1.807) is 48.5 Å². The number of amides is 2. The van der Waals surface area contributed by atoms with Crippen LogP contribution in [0.2, 0.25) is 5.02 Å². The van der Waals surface area contributed by atoms with E-state index >= 15 is 0 Å². The number of carbonyl (C=O) groups is 3. The molecular formula is C18H24ClNO6. The normalized spacial score (nSPS) is 11.7. The number of rotatable bonds is 2. The number of anilines is 1. The third-order valence-corrected chi connectivity index (χ3v) is 3.31. The quantitative estimate of drug-likeness (QED) is 0.767. The van der Waals surface area contributed by atoms with Crippen molar-refractivity contribution in [1.29, 1.82) is 0 Å². The highest BCUT2D eigenvalue weighted by Gasteiger charge is 2.35. The van der Waals surface area contributed by atoms with Crippen molar-refractivity contribution in [1.82, 2.24) is 0 Å². The first-order valence-electron chi connectivity index (χ1n) is 7.92. The van der Waals surface area contributed by atoms with E-state index in [1.807, 2.05) is 0 Å². The topological polar surface area (TPSA) is 93.1 Å². The molecule has 0 fully saturated rings. The minimum atomic E-state index is -1.35. The van der Waals surface area contributed by atoms with Crippen molar-refractivity contribution in [3.63, 3.8) is 0 Å². The van der Waals surface area contributed by atoms with Crippen molar-refractivity contribution in [2.24, 2.45) is 0 Å². The standard InChI is InChI=1S/C18H24ClNO6/c1-10-8-13(11(14(21)22)9-12(10)19)20(15(23)25-17(2,3)4)16(24)26-18(5,6)7/h8-9H,1-7H3,(H,21,22). The van der Waals surface area contributed by atoms with Gasteiger partial charge in [-0.15, -0.1) is 0 Å². The minimum absolute atomic E-state index is 0.178. The number of halogens is 1. The van der Waals surface area contributed by atoms with E-state index < -0.39 is 29.4 Å². The molecule has 0 atom stereocenters. The number of aromatic carboxylic acids is 1. The summed E-state index contributed by atoms with van der Waals surface area (Å²) in [7, 11) is 0. The van der Waals surface area contributed by atoms with Crippen LogP contribution in [0.1, 0.15) is 57.5 Å². The lowest BCUT2D eigenvalue weighted by Gasteiger charge is -2.29. The van der Waals surface area contributed by atoms with Gasteiger partial charge in [-0.1, -0.05) is 11.6 Å². The SMILES string of the molecule is Cc1cc(N(C(=O)OC(C)(C)C)C(=O)OC(C)(C)C)c(C(=O)O)cc1Cl. The van der Waals surface area contributed by atoms with E-state index in [1.165, 1.54) is 12.1 Å². The van der Waals surface area contributed by atoms with Crippen LogP contribution in [0.4, 0.5) is 15.3 Å². The van der Waals surface area contributed by atoms with Crippen molar-refractivity contribution in [2.75, 3.05) is 4.90 Å². The molecule has 0 bridgehead atoms. The molecule has 26 heavy (non-hydrogen) atoms. The van der Waals surface area contributed by atoms with E-state index in [0.717, 1.165) is 0 Å². The molecule has 8 heteroatoms. The Morgan fingerprint density at radius 2 is 1.38 bits per heavy atom. The summed E-state index contributed by atoms with van der Waals surface area (Å²) in [6.07, 6.45) is -2.09. The number of benzene rings is 1. The molecule has 7 nitrogen and oxygen atoms in total. The fourth-order valence-corrected chi connectivity index (χ4v) is 2.07. The third kappa shape index (κ3) is 5.91. The van der Waals surface area contributed by atoms with Gasteiger partial charge in [0, 0.05) is 5.02 Å². The summed E-state index contributed by atoms with van der Waals surface area (Å²) in [5, 5.41) is 9.66. The Morgan fingerprint density at radius 1 is 0.962 bits per heavy atom. The summed E-state index contributed by atoms with van der Waals surface area (Å²) in [6.45, 7) is 11.4. The molecule has 0 saturated carbocycles. The van der Waals surface area contributed by atoms with E-state index in [2.05, 4.69) is 0 Å². The maximum atomic E-state index is 12.6. The van der Waals surface area contributed by atoms with Crippen LogP contribution >= 0.6 is 11.6 Å². The smallest absolute Gasteiger partial charge is 0.424 e. The van der Waals surface area contributed by atoms with Crippen LogP contribution in [-0.4, -0.2) is 34.5 Å². The van der Waals surface area contributed by atoms with Crippen LogP contribution in [0.15, 0.2) is 12.1 Å². The van der Waals surface area contributed by atoms with E-state index in [4.69, 9.17) is 21.1 Å². The summed E-state index contributed by atoms with van der Waals surface area (Å²) < 4.78 is 10.5. The van der Waals surface area contributed by atoms with Gasteiger partial charge in [-0.25, -0.2) is 14.4 Å². The summed E-state index contributed by atoms with van der Waals surface area (Å²) in [4.78, 5) is 37.5. The Morgan fingerprint density at radius 3 is 1.73 bits per heavy atom. The van der Waals surface area contributed by atoms with Gasteiger partial charge in [0.25, 0.3) is 0 Å². The molecule has 0 saturated heterocycles. The zero-order valence-corrected chi connectivity index (χ0v) is 16.7. The highest BCUT2D eigenvalue weighted by atomic mass is 35.5. The highest BCUT2D eigenvalue weighted by Crippen LogP contribution is 2.30. The Balaban J connectivity index is 3.55. The molecule has 1 aromatic carbocycles. The second-order valence-electron chi connectivity index (χ2n) is 7.72. The average molecular weight is 386 g/mol. The van der Waals surface area contributed by atoms with Crippen molar-refractivity contribution in [2.45, 2.75) is 59.7 Å². The van der Waals surface area contributed by atoms with E-state index in [9.17, 15) is 19.5 Å². The first-order valence-corrected chi connectivity index (χ1v) is 8.29. The number of carboxylic acids is 1. The van der Waals surface area contributed by atoms with Gasteiger partial charge in [-0.05, 0) is 66.2 Å². The molecule has 0 aromatic heterocycles. The second kappa shape index (κ2) is 7.53. The molecule has 144 valence electrons. The summed E-state index contributed by atoms with van der Waals surface area (Å²) in [6, 6.07) is 2.51. The molecule has 0 unspecified atom stereocenters. The lowest BCUT2D eigenvalue weighted by atomic mass is 10.1. The molecule has 0 heterocycles. The van der Waals surface area contributed by atoms with Gasteiger partial charge in [0.15, 0.2) is 0 Å². The summed E-state index contributed by atoms with van der Waals surface area (Å²) in [5.41, 5.74) is -1.81. The highest BCUT2D eigenvalue weighted by molar-refractivity contribution is 6.32. The average Bonchev–Trinajstić information content (AvgIpc) is 2.38. The molecular weight excluding hydrogens is 362 g/mol. The van der Waals surface area contributed by atoms with Gasteiger partial charge < -0.3 is 14.6 Å². The monoisotopic (exact) mass is 385 g/mol. The Bertz CT molecular complexity index is 702. The van der Waals surface area contributed by atoms with Crippen molar-refractivity contribution < 1.29 is 29.0 Å². The first-order chi connectivity index (χ1) is 11.6. The predicted molar refractivity (Wildman–Crippen MR) is 98.1 cm³/mol. The maximum absolute atomic E-state index is 12.6. The van der Waals surface area contributed by atoms with Crippen molar-refractivity contribution in [3.05, 3.63) is 28.3 Å². The van der Waals surface area contributed by atoms with Crippen LogP contribution in [0.3, 0.4) is 0 Å². The summed E-state index contributed by atoms with van der Waals surface area (Å²) >= 11 is 5.99. The minimum Gasteiger partial charge on any atom is -0.478 e. The van der Waals surface area contributed by atoms with Crippen LogP contribution in [-0.2, 0) is 9.47 Å². The van der Waals surface area contributed by atoms with Crippen molar-refractivity contribution in [3.8, 4) is 0 Å². The van der Waals surface area contributed by atoms with Gasteiger partial charge in [0.05, 0.1) is 11.3 Å². The number of imide groups is 1. The number of aryl methyl sites for hydroxylation is 1.